The molecular weight excluding hydrogens is 260 g/mol. The van der Waals surface area contributed by atoms with Crippen molar-refractivity contribution in [3.63, 3.8) is 0 Å². The minimum atomic E-state index is 0.608. The van der Waals surface area contributed by atoms with Crippen LogP contribution in [0.15, 0.2) is 36.8 Å². The summed E-state index contributed by atoms with van der Waals surface area (Å²) in [5.41, 5.74) is 3.46. The van der Waals surface area contributed by atoms with Crippen LogP contribution in [0.4, 0.5) is 5.69 Å². The highest BCUT2D eigenvalue weighted by Gasteiger charge is 2.18. The molecule has 1 aromatic heterocycles. The fraction of sp³-hybridized carbons (Fsp3) is 0.471. The first-order valence-corrected chi connectivity index (χ1v) is 7.93. The van der Waals surface area contributed by atoms with Crippen molar-refractivity contribution in [2.75, 3.05) is 25.0 Å². The van der Waals surface area contributed by atoms with Gasteiger partial charge in [-0.1, -0.05) is 19.1 Å². The molecule has 0 unspecified atom stereocenters. The fourth-order valence-electron chi connectivity index (χ4n) is 3.01. The molecule has 1 aromatic carbocycles. The molecule has 2 aromatic rings. The van der Waals surface area contributed by atoms with Gasteiger partial charge in [0.05, 0.1) is 18.2 Å². The van der Waals surface area contributed by atoms with Crippen molar-refractivity contribution in [1.29, 1.82) is 0 Å². The van der Waals surface area contributed by atoms with E-state index in [1.54, 1.807) is 6.33 Å². The van der Waals surface area contributed by atoms with Crippen LogP contribution in [0.3, 0.4) is 0 Å². The van der Waals surface area contributed by atoms with Crippen molar-refractivity contribution in [3.05, 3.63) is 36.8 Å². The molecule has 0 saturated carbocycles. The third kappa shape index (κ3) is 3.64. The first kappa shape index (κ1) is 14.1. The molecule has 2 N–H and O–H groups in total. The van der Waals surface area contributed by atoms with Gasteiger partial charge >= 0.3 is 0 Å². The van der Waals surface area contributed by atoms with Crippen molar-refractivity contribution in [2.24, 2.45) is 0 Å². The maximum atomic E-state index is 4.06. The maximum absolute atomic E-state index is 4.06. The zero-order valence-electron chi connectivity index (χ0n) is 12.7. The number of H-pyrrole nitrogens is 1. The van der Waals surface area contributed by atoms with E-state index in [0.717, 1.165) is 5.69 Å². The second-order valence-electron chi connectivity index (χ2n) is 5.80. The van der Waals surface area contributed by atoms with E-state index in [1.165, 1.54) is 50.1 Å². The van der Waals surface area contributed by atoms with Crippen LogP contribution in [0, 0.1) is 0 Å². The maximum Gasteiger partial charge on any atom is 0.0924 e. The summed E-state index contributed by atoms with van der Waals surface area (Å²) in [4.78, 5) is 9.76. The zero-order chi connectivity index (χ0) is 14.5. The number of imidazole rings is 1. The smallest absolute Gasteiger partial charge is 0.0924 e. The molecule has 0 bridgehead atoms. The second kappa shape index (κ2) is 6.76. The Bertz CT molecular complexity index is 524. The van der Waals surface area contributed by atoms with Crippen LogP contribution in [-0.4, -0.2) is 40.5 Å². The van der Waals surface area contributed by atoms with Gasteiger partial charge in [-0.05, 0) is 43.5 Å². The Kier molecular flexibility index (Phi) is 4.55. The van der Waals surface area contributed by atoms with Crippen molar-refractivity contribution >= 4 is 5.69 Å². The predicted octanol–water partition coefficient (Wildman–Crippen LogP) is 3.36. The highest BCUT2D eigenvalue weighted by molar-refractivity contribution is 5.62. The first-order chi connectivity index (χ1) is 10.3. The highest BCUT2D eigenvalue weighted by atomic mass is 15.1. The van der Waals surface area contributed by atoms with E-state index in [0.29, 0.717) is 6.04 Å². The van der Waals surface area contributed by atoms with E-state index >= 15 is 0 Å². The Balaban J connectivity index is 1.54. The van der Waals surface area contributed by atoms with Gasteiger partial charge in [0.15, 0.2) is 0 Å². The van der Waals surface area contributed by atoms with Crippen LogP contribution in [0.1, 0.15) is 26.2 Å². The summed E-state index contributed by atoms with van der Waals surface area (Å²) in [6.07, 6.45) is 7.30. The number of rotatable bonds is 5. The zero-order valence-corrected chi connectivity index (χ0v) is 12.7. The van der Waals surface area contributed by atoms with Crippen LogP contribution >= 0.6 is 0 Å². The number of anilines is 1. The molecule has 1 aliphatic rings. The molecule has 112 valence electrons. The summed E-state index contributed by atoms with van der Waals surface area (Å²) in [6, 6.07) is 9.21. The SMILES string of the molecule is CCCN1CCC(Nc2ccc(-c3cnc[nH]3)cc2)CC1. The second-order valence-corrected chi connectivity index (χ2v) is 5.80. The number of piperidine rings is 1. The monoisotopic (exact) mass is 284 g/mol. The largest absolute Gasteiger partial charge is 0.382 e. The molecule has 0 atom stereocenters. The Morgan fingerprint density at radius 1 is 1.24 bits per heavy atom. The van der Waals surface area contributed by atoms with E-state index in [4.69, 9.17) is 0 Å². The minimum absolute atomic E-state index is 0.608. The van der Waals surface area contributed by atoms with Gasteiger partial charge in [0.2, 0.25) is 0 Å². The summed E-state index contributed by atoms with van der Waals surface area (Å²) in [6.45, 7) is 5.94. The van der Waals surface area contributed by atoms with Gasteiger partial charge < -0.3 is 15.2 Å². The van der Waals surface area contributed by atoms with Gasteiger partial charge in [0.1, 0.15) is 0 Å². The van der Waals surface area contributed by atoms with Gasteiger partial charge in [0, 0.05) is 24.8 Å². The number of aromatic nitrogens is 2. The molecule has 21 heavy (non-hydrogen) atoms. The Morgan fingerprint density at radius 2 is 2.00 bits per heavy atom. The van der Waals surface area contributed by atoms with Crippen LogP contribution in [0.25, 0.3) is 11.3 Å². The molecule has 0 aliphatic carbocycles. The molecule has 4 heteroatoms. The van der Waals surface area contributed by atoms with Crippen LogP contribution in [0.2, 0.25) is 0 Å². The molecule has 0 amide bonds. The van der Waals surface area contributed by atoms with E-state index in [1.807, 2.05) is 6.20 Å². The van der Waals surface area contributed by atoms with Crippen molar-refractivity contribution in [1.82, 2.24) is 14.9 Å². The molecule has 1 saturated heterocycles. The lowest BCUT2D eigenvalue weighted by atomic mass is 10.0. The Morgan fingerprint density at radius 3 is 2.62 bits per heavy atom. The predicted molar refractivity (Wildman–Crippen MR) is 87.4 cm³/mol. The summed E-state index contributed by atoms with van der Waals surface area (Å²) in [5.74, 6) is 0. The summed E-state index contributed by atoms with van der Waals surface area (Å²) >= 11 is 0. The standard InChI is InChI=1S/C17H24N4/c1-2-9-21-10-7-16(8-11-21)20-15-5-3-14(4-6-15)17-12-18-13-19-17/h3-6,12-13,16,20H,2,7-11H2,1H3,(H,18,19). The third-order valence-electron chi connectivity index (χ3n) is 4.19. The number of benzene rings is 1. The fourth-order valence-corrected chi connectivity index (χ4v) is 3.01. The number of aromatic amines is 1. The lowest BCUT2D eigenvalue weighted by Gasteiger charge is -2.32. The van der Waals surface area contributed by atoms with Gasteiger partial charge in [-0.25, -0.2) is 4.98 Å². The Labute approximate surface area is 126 Å². The van der Waals surface area contributed by atoms with Crippen molar-refractivity contribution < 1.29 is 0 Å². The molecule has 4 nitrogen and oxygen atoms in total. The van der Waals surface area contributed by atoms with Gasteiger partial charge in [-0.3, -0.25) is 0 Å². The number of nitrogens with one attached hydrogen (secondary N) is 2. The molecule has 1 fully saturated rings. The van der Waals surface area contributed by atoms with E-state index < -0.39 is 0 Å². The molecule has 0 spiro atoms. The van der Waals surface area contributed by atoms with E-state index in [9.17, 15) is 0 Å². The summed E-state index contributed by atoms with van der Waals surface area (Å²) < 4.78 is 0. The highest BCUT2D eigenvalue weighted by Crippen LogP contribution is 2.21. The number of nitrogens with zero attached hydrogens (tertiary/aromatic N) is 2. The normalized spacial score (nSPS) is 17.0. The first-order valence-electron chi connectivity index (χ1n) is 7.93. The number of likely N-dealkylation sites (tertiary alicyclic amines) is 1. The number of hydrogen-bond acceptors (Lipinski definition) is 3. The van der Waals surface area contributed by atoms with Crippen LogP contribution in [-0.2, 0) is 0 Å². The average Bonchev–Trinajstić information content (AvgIpc) is 3.05. The average molecular weight is 284 g/mol. The lowest BCUT2D eigenvalue weighted by molar-refractivity contribution is 0.219. The topological polar surface area (TPSA) is 44.0 Å². The third-order valence-corrected chi connectivity index (χ3v) is 4.19. The Hall–Kier alpha value is -1.81. The van der Waals surface area contributed by atoms with Crippen LogP contribution in [0.5, 0.6) is 0 Å². The quantitative estimate of drug-likeness (QED) is 0.885. The van der Waals surface area contributed by atoms with Crippen molar-refractivity contribution in [2.45, 2.75) is 32.2 Å². The number of hydrogen-bond donors (Lipinski definition) is 2. The molecular formula is C17H24N4. The lowest BCUT2D eigenvalue weighted by Crippen LogP contribution is -2.39. The molecule has 2 heterocycles. The van der Waals surface area contributed by atoms with Gasteiger partial charge in [0.25, 0.3) is 0 Å². The molecule has 1 aliphatic heterocycles. The van der Waals surface area contributed by atoms with Gasteiger partial charge in [-0.2, -0.15) is 0 Å². The minimum Gasteiger partial charge on any atom is -0.382 e. The van der Waals surface area contributed by atoms with Crippen molar-refractivity contribution in [3.8, 4) is 11.3 Å². The van der Waals surface area contributed by atoms with Crippen LogP contribution < -0.4 is 5.32 Å². The van der Waals surface area contributed by atoms with E-state index in [-0.39, 0.29) is 0 Å². The summed E-state index contributed by atoms with van der Waals surface area (Å²) in [7, 11) is 0. The van der Waals surface area contributed by atoms with E-state index in [2.05, 4.69) is 51.4 Å². The van der Waals surface area contributed by atoms with Gasteiger partial charge in [-0.15, -0.1) is 0 Å². The molecule has 0 radical (unpaired) electrons. The summed E-state index contributed by atoms with van der Waals surface area (Å²) in [5, 5.41) is 3.66. The molecule has 3 rings (SSSR count).